The second-order valence-corrected chi connectivity index (χ2v) is 11.2. The third-order valence-corrected chi connectivity index (χ3v) is 6.26. The first-order chi connectivity index (χ1) is 12.4. The van der Waals surface area contributed by atoms with Crippen LogP contribution in [-0.4, -0.2) is 48.3 Å². The maximum absolute atomic E-state index is 10.1. The monoisotopic (exact) mass is 372 g/mol. The van der Waals surface area contributed by atoms with Gasteiger partial charge in [0.05, 0.1) is 5.60 Å². The molecule has 1 N–H and O–H groups in total. The third-order valence-electron chi connectivity index (χ3n) is 6.26. The molecule has 0 bridgehead atoms. The Morgan fingerprint density at radius 2 is 1.52 bits per heavy atom. The summed E-state index contributed by atoms with van der Waals surface area (Å²) in [5, 5.41) is 10.1. The zero-order valence-corrected chi connectivity index (χ0v) is 18.4. The lowest BCUT2D eigenvalue weighted by Gasteiger charge is -2.46. The first kappa shape index (κ1) is 20.7. The fraction of sp³-hybridized carbons (Fsp3) is 0.750. The molecule has 3 nitrogen and oxygen atoms in total. The van der Waals surface area contributed by atoms with Gasteiger partial charge in [0.2, 0.25) is 0 Å². The van der Waals surface area contributed by atoms with Crippen molar-refractivity contribution in [2.24, 2.45) is 10.8 Å². The molecule has 2 aliphatic rings. The smallest absolute Gasteiger partial charge is 0.0718 e. The fourth-order valence-corrected chi connectivity index (χ4v) is 5.88. The van der Waals surface area contributed by atoms with E-state index in [-0.39, 0.29) is 0 Å². The molecule has 1 aromatic carbocycles. The van der Waals surface area contributed by atoms with E-state index in [9.17, 15) is 5.11 Å². The predicted molar refractivity (Wildman–Crippen MR) is 116 cm³/mol. The van der Waals surface area contributed by atoms with Gasteiger partial charge in [-0.25, -0.2) is 0 Å². The van der Waals surface area contributed by atoms with Crippen LogP contribution in [0.5, 0.6) is 0 Å². The van der Waals surface area contributed by atoms with Crippen molar-refractivity contribution >= 4 is 5.69 Å². The highest BCUT2D eigenvalue weighted by Gasteiger charge is 2.39. The summed E-state index contributed by atoms with van der Waals surface area (Å²) in [6.07, 6.45) is 3.88. The number of hydrogen-bond acceptors (Lipinski definition) is 3. The normalized spacial score (nSPS) is 24.2. The van der Waals surface area contributed by atoms with E-state index in [0.29, 0.717) is 16.7 Å². The molecule has 0 radical (unpaired) electrons. The van der Waals surface area contributed by atoms with Crippen LogP contribution in [0, 0.1) is 10.8 Å². The number of nitrogens with zero attached hydrogens (tertiary/aromatic N) is 2. The molecule has 0 aromatic heterocycles. The Morgan fingerprint density at radius 3 is 2.07 bits per heavy atom. The van der Waals surface area contributed by atoms with Gasteiger partial charge < -0.3 is 10.0 Å². The van der Waals surface area contributed by atoms with Crippen molar-refractivity contribution < 1.29 is 5.11 Å². The van der Waals surface area contributed by atoms with Crippen LogP contribution in [0.25, 0.3) is 0 Å². The number of hydrogen-bond donors (Lipinski definition) is 1. The number of rotatable bonds is 4. The lowest BCUT2D eigenvalue weighted by atomic mass is 9.60. The van der Waals surface area contributed by atoms with E-state index in [1.807, 2.05) is 13.8 Å². The van der Waals surface area contributed by atoms with Crippen molar-refractivity contribution in [1.82, 2.24) is 4.90 Å². The van der Waals surface area contributed by atoms with E-state index < -0.39 is 5.60 Å². The van der Waals surface area contributed by atoms with Crippen molar-refractivity contribution in [2.75, 3.05) is 37.6 Å². The molecule has 2 fully saturated rings. The summed E-state index contributed by atoms with van der Waals surface area (Å²) >= 11 is 0. The van der Waals surface area contributed by atoms with Gasteiger partial charge in [0, 0.05) is 38.4 Å². The molecule has 152 valence electrons. The summed E-state index contributed by atoms with van der Waals surface area (Å²) in [4.78, 5) is 4.97. The van der Waals surface area contributed by atoms with Crippen LogP contribution < -0.4 is 4.90 Å². The summed E-state index contributed by atoms with van der Waals surface area (Å²) in [6, 6.07) is 9.12. The van der Waals surface area contributed by atoms with Crippen LogP contribution in [0.3, 0.4) is 0 Å². The Hall–Kier alpha value is -1.06. The lowest BCUT2D eigenvalue weighted by Crippen LogP contribution is -2.50. The highest BCUT2D eigenvalue weighted by Crippen LogP contribution is 2.53. The van der Waals surface area contributed by atoms with Crippen molar-refractivity contribution in [3.63, 3.8) is 0 Å². The minimum absolute atomic E-state index is 0.408. The second-order valence-electron chi connectivity index (χ2n) is 11.2. The van der Waals surface area contributed by atoms with Gasteiger partial charge in [0.1, 0.15) is 0 Å². The van der Waals surface area contributed by atoms with Gasteiger partial charge in [-0.1, -0.05) is 45.9 Å². The Bertz CT molecular complexity index is 620. The van der Waals surface area contributed by atoms with E-state index >= 15 is 0 Å². The van der Waals surface area contributed by atoms with Crippen molar-refractivity contribution in [3.8, 4) is 0 Å². The Morgan fingerprint density at radius 1 is 0.963 bits per heavy atom. The molecule has 27 heavy (non-hydrogen) atoms. The first-order valence-electron chi connectivity index (χ1n) is 10.7. The maximum atomic E-state index is 10.1. The zero-order valence-electron chi connectivity index (χ0n) is 18.4. The average Bonchev–Trinajstić information content (AvgIpc) is 2.51. The largest absolute Gasteiger partial charge is 0.389 e. The molecule has 0 atom stereocenters. The minimum atomic E-state index is -0.612. The van der Waals surface area contributed by atoms with Crippen LogP contribution >= 0.6 is 0 Å². The topological polar surface area (TPSA) is 26.7 Å². The van der Waals surface area contributed by atoms with Crippen molar-refractivity contribution in [2.45, 2.75) is 72.3 Å². The summed E-state index contributed by atoms with van der Waals surface area (Å²) in [5.74, 6) is 0.648. The van der Waals surface area contributed by atoms with Gasteiger partial charge >= 0.3 is 0 Å². The van der Waals surface area contributed by atoms with Crippen molar-refractivity contribution in [1.29, 1.82) is 0 Å². The summed E-state index contributed by atoms with van der Waals surface area (Å²) < 4.78 is 0. The highest BCUT2D eigenvalue weighted by molar-refractivity contribution is 5.56. The Labute approximate surface area is 166 Å². The third kappa shape index (κ3) is 5.48. The molecule has 3 heteroatoms. The summed E-state index contributed by atoms with van der Waals surface area (Å²) in [5.41, 5.74) is 3.20. The van der Waals surface area contributed by atoms with Crippen LogP contribution in [0.1, 0.15) is 72.3 Å². The van der Waals surface area contributed by atoms with E-state index in [1.165, 1.54) is 24.9 Å². The molecule has 1 heterocycles. The van der Waals surface area contributed by atoms with Crippen LogP contribution in [0.15, 0.2) is 24.3 Å². The minimum Gasteiger partial charge on any atom is -0.389 e. The van der Waals surface area contributed by atoms with E-state index in [2.05, 4.69) is 61.8 Å². The predicted octanol–water partition coefficient (Wildman–Crippen LogP) is 4.90. The maximum Gasteiger partial charge on any atom is 0.0718 e. The van der Waals surface area contributed by atoms with Crippen molar-refractivity contribution in [3.05, 3.63) is 29.8 Å². The van der Waals surface area contributed by atoms with E-state index in [0.717, 1.165) is 32.7 Å². The molecular formula is C24H40N2O. The van der Waals surface area contributed by atoms with Gasteiger partial charge in [-0.3, -0.25) is 4.90 Å². The summed E-state index contributed by atoms with van der Waals surface area (Å²) in [7, 11) is 0. The fourth-order valence-electron chi connectivity index (χ4n) is 5.88. The quantitative estimate of drug-likeness (QED) is 0.814. The standard InChI is InChI=1S/C24H40N2O/c1-22(2)15-19(16-23(3,4)17-22)20-9-7-8-10-21(20)26-13-11-25(12-14-26)18-24(5,6)27/h7-10,19,27H,11-18H2,1-6H3. The molecule has 0 amide bonds. The molecule has 1 saturated carbocycles. The van der Waals surface area contributed by atoms with Gasteiger partial charge in [0.25, 0.3) is 0 Å². The average molecular weight is 373 g/mol. The van der Waals surface area contributed by atoms with Gasteiger partial charge in [-0.2, -0.15) is 0 Å². The lowest BCUT2D eigenvalue weighted by molar-refractivity contribution is 0.0345. The van der Waals surface area contributed by atoms with Gasteiger partial charge in [0.15, 0.2) is 0 Å². The molecule has 0 spiro atoms. The number of para-hydroxylation sites is 1. The second kappa shape index (κ2) is 7.40. The first-order valence-corrected chi connectivity index (χ1v) is 10.7. The highest BCUT2D eigenvalue weighted by atomic mass is 16.3. The van der Waals surface area contributed by atoms with Crippen LogP contribution in [0.2, 0.25) is 0 Å². The van der Waals surface area contributed by atoms with Gasteiger partial charge in [-0.15, -0.1) is 0 Å². The van der Waals surface area contributed by atoms with Crippen LogP contribution in [-0.2, 0) is 0 Å². The van der Waals surface area contributed by atoms with Crippen LogP contribution in [0.4, 0.5) is 5.69 Å². The van der Waals surface area contributed by atoms with E-state index in [1.54, 1.807) is 5.56 Å². The Kier molecular flexibility index (Phi) is 5.67. The molecule has 1 aliphatic heterocycles. The molecule has 0 unspecified atom stereocenters. The number of β-amino-alcohol motifs (C(OH)–C–C–N with tert-alkyl or cyclic N) is 1. The molecule has 1 aromatic rings. The number of piperazine rings is 1. The molecule has 3 rings (SSSR count). The number of anilines is 1. The SMILES string of the molecule is CC(C)(O)CN1CCN(c2ccccc2C2CC(C)(C)CC(C)(C)C2)CC1. The van der Waals surface area contributed by atoms with E-state index in [4.69, 9.17) is 0 Å². The Balaban J connectivity index is 1.75. The zero-order chi connectivity index (χ0) is 19.9. The molecular weight excluding hydrogens is 332 g/mol. The molecule has 1 saturated heterocycles. The summed E-state index contributed by atoms with van der Waals surface area (Å²) in [6.45, 7) is 18.5. The molecule has 1 aliphatic carbocycles. The number of benzene rings is 1. The van der Waals surface area contributed by atoms with Gasteiger partial charge in [-0.05, 0) is 61.5 Å². The number of aliphatic hydroxyl groups is 1.